The maximum absolute atomic E-state index is 5.89. The molecule has 5 nitrogen and oxygen atoms in total. The van der Waals surface area contributed by atoms with Gasteiger partial charge < -0.3 is 14.9 Å². The quantitative estimate of drug-likeness (QED) is 0.740. The Balaban J connectivity index is 2.03. The van der Waals surface area contributed by atoms with Crippen molar-refractivity contribution < 1.29 is 9.15 Å². The van der Waals surface area contributed by atoms with Crippen LogP contribution in [-0.2, 0) is 0 Å². The molecule has 0 radical (unpaired) electrons. The number of nitrogens with zero attached hydrogens (tertiary/aromatic N) is 2. The van der Waals surface area contributed by atoms with Gasteiger partial charge in [-0.05, 0) is 24.3 Å². The Hall–Kier alpha value is -2.69. The summed E-state index contributed by atoms with van der Waals surface area (Å²) in [5.41, 5.74) is 8.78. The SMILES string of the molecule is COc1cccc(N(C)c2nc3c(N)cccc3o2)c1. The number of hydrogen-bond acceptors (Lipinski definition) is 5. The number of hydrogen-bond donors (Lipinski definition) is 1. The van der Waals surface area contributed by atoms with Crippen LogP contribution in [0.15, 0.2) is 46.9 Å². The lowest BCUT2D eigenvalue weighted by Gasteiger charge is -2.15. The van der Waals surface area contributed by atoms with Gasteiger partial charge in [0.1, 0.15) is 11.3 Å². The molecule has 0 aliphatic heterocycles. The van der Waals surface area contributed by atoms with E-state index in [-0.39, 0.29) is 0 Å². The Morgan fingerprint density at radius 1 is 1.20 bits per heavy atom. The number of fused-ring (bicyclic) bond motifs is 1. The fourth-order valence-electron chi connectivity index (χ4n) is 2.03. The van der Waals surface area contributed by atoms with Crippen LogP contribution in [0, 0.1) is 0 Å². The third-order valence-electron chi connectivity index (χ3n) is 3.17. The van der Waals surface area contributed by atoms with Crippen LogP contribution < -0.4 is 15.4 Å². The molecule has 102 valence electrons. The normalized spacial score (nSPS) is 10.7. The second-order valence-electron chi connectivity index (χ2n) is 4.45. The highest BCUT2D eigenvalue weighted by molar-refractivity contribution is 5.86. The average Bonchev–Trinajstić information content (AvgIpc) is 2.92. The summed E-state index contributed by atoms with van der Waals surface area (Å²) in [5.74, 6) is 0.782. The monoisotopic (exact) mass is 269 g/mol. The second kappa shape index (κ2) is 4.77. The largest absolute Gasteiger partial charge is 0.497 e. The van der Waals surface area contributed by atoms with Gasteiger partial charge in [-0.15, -0.1) is 0 Å². The second-order valence-corrected chi connectivity index (χ2v) is 4.45. The van der Waals surface area contributed by atoms with Crippen LogP contribution in [0.3, 0.4) is 0 Å². The van der Waals surface area contributed by atoms with E-state index >= 15 is 0 Å². The molecule has 5 heteroatoms. The summed E-state index contributed by atoms with van der Waals surface area (Å²) < 4.78 is 11.0. The molecule has 0 unspecified atom stereocenters. The summed E-state index contributed by atoms with van der Waals surface area (Å²) in [6, 6.07) is 13.7. The number of anilines is 3. The maximum Gasteiger partial charge on any atom is 0.302 e. The van der Waals surface area contributed by atoms with Crippen LogP contribution in [-0.4, -0.2) is 19.1 Å². The number of methoxy groups -OCH3 is 1. The number of para-hydroxylation sites is 1. The topological polar surface area (TPSA) is 64.5 Å². The van der Waals surface area contributed by atoms with Crippen molar-refractivity contribution >= 4 is 28.5 Å². The first-order valence-electron chi connectivity index (χ1n) is 6.22. The standard InChI is InChI=1S/C15H15N3O2/c1-18(10-5-3-6-11(9-10)19-2)15-17-14-12(16)7-4-8-13(14)20-15/h3-9H,16H2,1-2H3. The van der Waals surface area contributed by atoms with Crippen LogP contribution >= 0.6 is 0 Å². The van der Waals surface area contributed by atoms with Crippen LogP contribution in [0.5, 0.6) is 5.75 Å². The Bertz CT molecular complexity index is 752. The first-order chi connectivity index (χ1) is 9.69. The zero-order chi connectivity index (χ0) is 14.1. The minimum Gasteiger partial charge on any atom is -0.497 e. The lowest BCUT2D eigenvalue weighted by molar-refractivity contribution is 0.415. The van der Waals surface area contributed by atoms with Gasteiger partial charge in [-0.2, -0.15) is 4.98 Å². The number of oxazole rings is 1. The third kappa shape index (κ3) is 2.03. The summed E-state index contributed by atoms with van der Waals surface area (Å²) in [6.07, 6.45) is 0. The molecule has 0 spiro atoms. The van der Waals surface area contributed by atoms with E-state index < -0.39 is 0 Å². The summed E-state index contributed by atoms with van der Waals surface area (Å²) in [6.45, 7) is 0. The van der Waals surface area contributed by atoms with Gasteiger partial charge in [0, 0.05) is 18.8 Å². The van der Waals surface area contributed by atoms with Crippen molar-refractivity contribution in [3.8, 4) is 5.75 Å². The van der Waals surface area contributed by atoms with Gasteiger partial charge in [0.25, 0.3) is 0 Å². The van der Waals surface area contributed by atoms with Crippen molar-refractivity contribution in [2.75, 3.05) is 24.8 Å². The molecule has 2 N–H and O–H groups in total. The van der Waals surface area contributed by atoms with E-state index in [2.05, 4.69) is 4.98 Å². The first kappa shape index (κ1) is 12.3. The van der Waals surface area contributed by atoms with E-state index in [4.69, 9.17) is 14.9 Å². The fourth-order valence-corrected chi connectivity index (χ4v) is 2.03. The molecular weight excluding hydrogens is 254 g/mol. The van der Waals surface area contributed by atoms with Gasteiger partial charge in [-0.25, -0.2) is 0 Å². The fraction of sp³-hybridized carbons (Fsp3) is 0.133. The highest BCUT2D eigenvalue weighted by Gasteiger charge is 2.13. The van der Waals surface area contributed by atoms with Gasteiger partial charge >= 0.3 is 6.01 Å². The number of nitrogen functional groups attached to an aromatic ring is 1. The first-order valence-corrected chi connectivity index (χ1v) is 6.22. The zero-order valence-electron chi connectivity index (χ0n) is 11.3. The Labute approximate surface area is 116 Å². The molecule has 1 heterocycles. The number of aromatic nitrogens is 1. The maximum atomic E-state index is 5.89. The van der Waals surface area contributed by atoms with Crippen molar-refractivity contribution in [3.63, 3.8) is 0 Å². The number of nitrogens with two attached hydrogens (primary N) is 1. The van der Waals surface area contributed by atoms with Gasteiger partial charge in [-0.3, -0.25) is 4.90 Å². The van der Waals surface area contributed by atoms with E-state index in [1.54, 1.807) is 13.2 Å². The molecule has 2 aromatic carbocycles. The van der Waals surface area contributed by atoms with Crippen molar-refractivity contribution in [3.05, 3.63) is 42.5 Å². The Kier molecular flexibility index (Phi) is 2.95. The number of ether oxygens (including phenoxy) is 1. The number of benzene rings is 2. The molecular formula is C15H15N3O2. The van der Waals surface area contributed by atoms with Gasteiger partial charge in [0.15, 0.2) is 5.58 Å². The number of rotatable bonds is 3. The van der Waals surface area contributed by atoms with Crippen LogP contribution in [0.1, 0.15) is 0 Å². The lowest BCUT2D eigenvalue weighted by Crippen LogP contribution is -2.09. The minimum absolute atomic E-state index is 0.492. The van der Waals surface area contributed by atoms with Crippen LogP contribution in [0.25, 0.3) is 11.1 Å². The Morgan fingerprint density at radius 2 is 2.00 bits per heavy atom. The Morgan fingerprint density at radius 3 is 2.75 bits per heavy atom. The van der Waals surface area contributed by atoms with Gasteiger partial charge in [0.05, 0.1) is 12.8 Å². The molecule has 3 aromatic rings. The summed E-state index contributed by atoms with van der Waals surface area (Å²) in [5, 5.41) is 0. The molecule has 3 rings (SSSR count). The molecule has 0 amide bonds. The van der Waals surface area contributed by atoms with E-state index in [0.717, 1.165) is 11.4 Å². The highest BCUT2D eigenvalue weighted by atomic mass is 16.5. The molecule has 0 saturated heterocycles. The molecule has 0 fully saturated rings. The summed E-state index contributed by atoms with van der Waals surface area (Å²) in [7, 11) is 3.52. The predicted molar refractivity (Wildman–Crippen MR) is 79.5 cm³/mol. The minimum atomic E-state index is 0.492. The molecule has 0 bridgehead atoms. The smallest absolute Gasteiger partial charge is 0.302 e. The van der Waals surface area contributed by atoms with E-state index in [1.807, 2.05) is 48.3 Å². The van der Waals surface area contributed by atoms with Crippen molar-refractivity contribution in [2.24, 2.45) is 0 Å². The molecule has 1 aromatic heterocycles. The summed E-state index contributed by atoms with van der Waals surface area (Å²) >= 11 is 0. The molecule has 0 aliphatic rings. The highest BCUT2D eigenvalue weighted by Crippen LogP contribution is 2.30. The molecule has 0 atom stereocenters. The zero-order valence-corrected chi connectivity index (χ0v) is 11.3. The van der Waals surface area contributed by atoms with E-state index in [0.29, 0.717) is 22.8 Å². The van der Waals surface area contributed by atoms with Crippen molar-refractivity contribution in [2.45, 2.75) is 0 Å². The molecule has 0 saturated carbocycles. The lowest BCUT2D eigenvalue weighted by atomic mass is 10.3. The van der Waals surface area contributed by atoms with Crippen LogP contribution in [0.4, 0.5) is 17.4 Å². The van der Waals surface area contributed by atoms with Gasteiger partial charge in [-0.1, -0.05) is 12.1 Å². The van der Waals surface area contributed by atoms with Gasteiger partial charge in [0.2, 0.25) is 0 Å². The molecule has 0 aliphatic carbocycles. The van der Waals surface area contributed by atoms with E-state index in [9.17, 15) is 0 Å². The van der Waals surface area contributed by atoms with E-state index in [1.165, 1.54) is 0 Å². The predicted octanol–water partition coefficient (Wildman–Crippen LogP) is 3.19. The summed E-state index contributed by atoms with van der Waals surface area (Å²) in [4.78, 5) is 6.29. The molecule has 20 heavy (non-hydrogen) atoms. The van der Waals surface area contributed by atoms with Crippen LogP contribution in [0.2, 0.25) is 0 Å². The third-order valence-corrected chi connectivity index (χ3v) is 3.17. The van der Waals surface area contributed by atoms with Crippen molar-refractivity contribution in [1.82, 2.24) is 4.98 Å². The average molecular weight is 269 g/mol. The van der Waals surface area contributed by atoms with Crippen molar-refractivity contribution in [1.29, 1.82) is 0 Å².